The second kappa shape index (κ2) is 6.80. The predicted octanol–water partition coefficient (Wildman–Crippen LogP) is 3.73. The summed E-state index contributed by atoms with van der Waals surface area (Å²) in [7, 11) is 0. The number of benzene rings is 2. The van der Waals surface area contributed by atoms with E-state index in [0.29, 0.717) is 33.9 Å². The van der Waals surface area contributed by atoms with Crippen molar-refractivity contribution < 1.29 is 18.7 Å². The van der Waals surface area contributed by atoms with Crippen molar-refractivity contribution in [2.45, 2.75) is 6.61 Å². The average molecular weight is 387 g/mol. The van der Waals surface area contributed by atoms with Crippen molar-refractivity contribution >= 4 is 39.2 Å². The number of fused-ring (bicyclic) bond motifs is 1. The highest BCUT2D eigenvalue weighted by molar-refractivity contribution is 9.10. The van der Waals surface area contributed by atoms with Crippen LogP contribution in [0.3, 0.4) is 0 Å². The zero-order chi connectivity index (χ0) is 17.1. The number of ether oxygens (including phenoxy) is 1. The lowest BCUT2D eigenvalue weighted by Gasteiger charge is -2.07. The molecule has 3 rings (SSSR count). The molecule has 1 heterocycles. The molecule has 2 aromatic carbocycles. The lowest BCUT2D eigenvalue weighted by Crippen LogP contribution is -2.08. The number of esters is 1. The number of rotatable bonds is 4. The summed E-state index contributed by atoms with van der Waals surface area (Å²) in [6.45, 7) is -0.0575. The van der Waals surface area contributed by atoms with Crippen LogP contribution in [0.25, 0.3) is 11.0 Å². The predicted molar refractivity (Wildman–Crippen MR) is 91.1 cm³/mol. The molecule has 24 heavy (non-hydrogen) atoms. The minimum absolute atomic E-state index is 0.0575. The maximum absolute atomic E-state index is 12.1. The van der Waals surface area contributed by atoms with Crippen LogP contribution in [0.15, 0.2) is 62.2 Å². The third kappa shape index (κ3) is 3.44. The summed E-state index contributed by atoms with van der Waals surface area (Å²) in [5.41, 5.74) is 1.27. The number of hydrogen-bond donors (Lipinski definition) is 0. The van der Waals surface area contributed by atoms with Gasteiger partial charge in [-0.15, -0.1) is 0 Å². The quantitative estimate of drug-likeness (QED) is 0.388. The Morgan fingerprint density at radius 2 is 1.88 bits per heavy atom. The van der Waals surface area contributed by atoms with Crippen LogP contribution >= 0.6 is 15.9 Å². The fraction of sp³-hybridized carbons (Fsp3) is 0.0556. The van der Waals surface area contributed by atoms with Gasteiger partial charge in [0.05, 0.1) is 5.56 Å². The summed E-state index contributed by atoms with van der Waals surface area (Å²) >= 11 is 3.31. The molecule has 0 saturated carbocycles. The number of carbonyl (C=O) groups is 2. The van der Waals surface area contributed by atoms with Crippen molar-refractivity contribution in [2.75, 3.05) is 0 Å². The molecule has 0 spiro atoms. The van der Waals surface area contributed by atoms with E-state index in [1.807, 2.05) is 6.07 Å². The van der Waals surface area contributed by atoms with Crippen LogP contribution in [0, 0.1) is 0 Å². The smallest absolute Gasteiger partial charge is 0.338 e. The van der Waals surface area contributed by atoms with Gasteiger partial charge in [0.2, 0.25) is 0 Å². The molecule has 0 aliphatic carbocycles. The van der Waals surface area contributed by atoms with Gasteiger partial charge in [-0.2, -0.15) is 0 Å². The maximum atomic E-state index is 12.1. The highest BCUT2D eigenvalue weighted by atomic mass is 79.9. The summed E-state index contributed by atoms with van der Waals surface area (Å²) in [5, 5.41) is 0.696. The molecule has 0 N–H and O–H groups in total. The van der Waals surface area contributed by atoms with Gasteiger partial charge in [0.1, 0.15) is 18.5 Å². The zero-order valence-electron chi connectivity index (χ0n) is 12.3. The van der Waals surface area contributed by atoms with E-state index in [2.05, 4.69) is 15.9 Å². The van der Waals surface area contributed by atoms with Crippen LogP contribution < -0.4 is 5.63 Å². The molecule has 0 aliphatic rings. The third-order valence-corrected chi connectivity index (χ3v) is 3.93. The molecular formula is C18H11BrO5. The molecule has 0 aliphatic heterocycles. The average Bonchev–Trinajstić information content (AvgIpc) is 2.59. The monoisotopic (exact) mass is 386 g/mol. The van der Waals surface area contributed by atoms with Crippen LogP contribution in [-0.4, -0.2) is 12.3 Å². The molecular weight excluding hydrogens is 376 g/mol. The molecule has 0 bridgehead atoms. The molecule has 5 nitrogen and oxygen atoms in total. The summed E-state index contributed by atoms with van der Waals surface area (Å²) in [4.78, 5) is 34.3. The fourth-order valence-electron chi connectivity index (χ4n) is 2.25. The Hall–Kier alpha value is -2.73. The van der Waals surface area contributed by atoms with Crippen LogP contribution in [0.4, 0.5) is 0 Å². The first-order valence-corrected chi connectivity index (χ1v) is 7.81. The van der Waals surface area contributed by atoms with E-state index in [9.17, 15) is 14.4 Å². The topological polar surface area (TPSA) is 73.6 Å². The summed E-state index contributed by atoms with van der Waals surface area (Å²) in [5.74, 6) is -0.536. The molecule has 0 amide bonds. The molecule has 6 heteroatoms. The van der Waals surface area contributed by atoms with Gasteiger partial charge in [-0.1, -0.05) is 28.1 Å². The van der Waals surface area contributed by atoms with E-state index >= 15 is 0 Å². The van der Waals surface area contributed by atoms with Gasteiger partial charge < -0.3 is 9.15 Å². The molecule has 0 radical (unpaired) electrons. The third-order valence-electron chi connectivity index (χ3n) is 3.43. The molecule has 0 fully saturated rings. The van der Waals surface area contributed by atoms with Crippen molar-refractivity contribution in [3.05, 3.63) is 80.1 Å². The zero-order valence-corrected chi connectivity index (χ0v) is 13.9. The minimum atomic E-state index is -0.536. The molecule has 120 valence electrons. The van der Waals surface area contributed by atoms with Gasteiger partial charge in [0.25, 0.3) is 0 Å². The second-order valence-corrected chi connectivity index (χ2v) is 5.96. The SMILES string of the molecule is O=Cc1ccc(C(=O)OCc2cc(=O)oc3cc(Br)ccc23)cc1. The summed E-state index contributed by atoms with van der Waals surface area (Å²) in [6, 6.07) is 12.7. The van der Waals surface area contributed by atoms with Gasteiger partial charge in [-0.05, 0) is 30.3 Å². The second-order valence-electron chi connectivity index (χ2n) is 5.05. The lowest BCUT2D eigenvalue weighted by atomic mass is 10.1. The van der Waals surface area contributed by atoms with E-state index in [1.165, 1.54) is 30.3 Å². The number of carbonyl (C=O) groups excluding carboxylic acids is 2. The van der Waals surface area contributed by atoms with Gasteiger partial charge in [-0.25, -0.2) is 9.59 Å². The summed E-state index contributed by atoms with van der Waals surface area (Å²) < 4.78 is 11.2. The van der Waals surface area contributed by atoms with Crippen LogP contribution in [-0.2, 0) is 11.3 Å². The number of hydrogen-bond acceptors (Lipinski definition) is 5. The van der Waals surface area contributed by atoms with Crippen LogP contribution in [0.2, 0.25) is 0 Å². The van der Waals surface area contributed by atoms with Gasteiger partial charge in [0.15, 0.2) is 0 Å². The summed E-state index contributed by atoms with van der Waals surface area (Å²) in [6.07, 6.45) is 0.697. The number of aldehydes is 1. The standard InChI is InChI=1S/C18H11BrO5/c19-14-5-6-15-13(7-17(21)24-16(15)8-14)10-23-18(22)12-3-1-11(9-20)2-4-12/h1-9H,10H2. The minimum Gasteiger partial charge on any atom is -0.457 e. The van der Waals surface area contributed by atoms with E-state index in [0.717, 1.165) is 4.47 Å². The molecule has 1 aromatic heterocycles. The Morgan fingerprint density at radius 1 is 1.12 bits per heavy atom. The van der Waals surface area contributed by atoms with Gasteiger partial charge in [-0.3, -0.25) is 4.79 Å². The van der Waals surface area contributed by atoms with Crippen molar-refractivity contribution in [2.24, 2.45) is 0 Å². The van der Waals surface area contributed by atoms with Crippen molar-refractivity contribution in [3.8, 4) is 0 Å². The first kappa shape index (κ1) is 16.1. The van der Waals surface area contributed by atoms with Crippen molar-refractivity contribution in [1.82, 2.24) is 0 Å². The van der Waals surface area contributed by atoms with E-state index in [1.54, 1.807) is 12.1 Å². The van der Waals surface area contributed by atoms with Crippen LogP contribution in [0.5, 0.6) is 0 Å². The lowest BCUT2D eigenvalue weighted by molar-refractivity contribution is 0.0473. The molecule has 0 unspecified atom stereocenters. The van der Waals surface area contributed by atoms with Crippen LogP contribution in [0.1, 0.15) is 26.3 Å². The van der Waals surface area contributed by atoms with Gasteiger partial charge in [0, 0.05) is 27.1 Å². The van der Waals surface area contributed by atoms with Gasteiger partial charge >= 0.3 is 11.6 Å². The largest absolute Gasteiger partial charge is 0.457 e. The van der Waals surface area contributed by atoms with E-state index < -0.39 is 11.6 Å². The molecule has 0 atom stereocenters. The molecule has 0 saturated heterocycles. The Labute approximate surface area is 145 Å². The Kier molecular flexibility index (Phi) is 4.57. The van der Waals surface area contributed by atoms with Crippen molar-refractivity contribution in [1.29, 1.82) is 0 Å². The first-order chi connectivity index (χ1) is 11.6. The van der Waals surface area contributed by atoms with E-state index in [4.69, 9.17) is 9.15 Å². The normalized spacial score (nSPS) is 10.5. The highest BCUT2D eigenvalue weighted by Gasteiger charge is 2.11. The Morgan fingerprint density at radius 3 is 2.58 bits per heavy atom. The van der Waals surface area contributed by atoms with Crippen molar-refractivity contribution in [3.63, 3.8) is 0 Å². The first-order valence-electron chi connectivity index (χ1n) is 7.01. The van der Waals surface area contributed by atoms with E-state index in [-0.39, 0.29) is 6.61 Å². The number of halogens is 1. The maximum Gasteiger partial charge on any atom is 0.338 e. The fourth-order valence-corrected chi connectivity index (χ4v) is 2.59. The Bertz CT molecular complexity index is 973. The Balaban J connectivity index is 1.83. The molecule has 3 aromatic rings. The highest BCUT2D eigenvalue weighted by Crippen LogP contribution is 2.22.